The van der Waals surface area contributed by atoms with E-state index in [4.69, 9.17) is 16.3 Å². The molecule has 0 radical (unpaired) electrons. The van der Waals surface area contributed by atoms with Gasteiger partial charge in [-0.3, -0.25) is 14.6 Å². The number of nitrogens with one attached hydrogen (secondary N) is 1. The van der Waals surface area contributed by atoms with Gasteiger partial charge in [0.05, 0.1) is 6.54 Å². The molecule has 0 saturated carbocycles. The molecule has 27 heavy (non-hydrogen) atoms. The predicted molar refractivity (Wildman–Crippen MR) is 108 cm³/mol. The Balaban J connectivity index is 1.30. The average molecular weight is 388 g/mol. The summed E-state index contributed by atoms with van der Waals surface area (Å²) in [6.45, 7) is 6.25. The molecular formula is C21H26ClN3O2. The summed E-state index contributed by atoms with van der Waals surface area (Å²) in [5.74, 6) is 0.882. The fourth-order valence-electron chi connectivity index (χ4n) is 3.08. The number of amides is 1. The van der Waals surface area contributed by atoms with Gasteiger partial charge in [-0.25, -0.2) is 0 Å². The number of hydrogen-bond donors (Lipinski definition) is 1. The number of benzene rings is 2. The van der Waals surface area contributed by atoms with Crippen LogP contribution in [-0.2, 0) is 11.3 Å². The Morgan fingerprint density at radius 1 is 1.00 bits per heavy atom. The fourth-order valence-corrected chi connectivity index (χ4v) is 3.26. The normalized spacial score (nSPS) is 15.4. The summed E-state index contributed by atoms with van der Waals surface area (Å²) in [6.07, 6.45) is 0. The Bertz CT molecular complexity index is 718. The van der Waals surface area contributed by atoms with Crippen molar-refractivity contribution in [3.05, 3.63) is 65.2 Å². The third-order valence-corrected chi connectivity index (χ3v) is 4.87. The number of ether oxygens (including phenoxy) is 1. The van der Waals surface area contributed by atoms with E-state index in [1.54, 1.807) is 0 Å². The standard InChI is InChI=1S/C21H26ClN3O2/c22-19-7-4-8-20(15-19)27-14-13-24-9-11-25(12-10-24)17-21(26)23-16-18-5-2-1-3-6-18/h1-8,15H,9-14,16-17H2,(H,23,26). The Kier molecular flexibility index (Phi) is 7.51. The van der Waals surface area contributed by atoms with E-state index in [-0.39, 0.29) is 5.91 Å². The predicted octanol–water partition coefficient (Wildman–Crippen LogP) is 2.65. The first-order valence-corrected chi connectivity index (χ1v) is 9.70. The number of carbonyl (C=O) groups is 1. The van der Waals surface area contributed by atoms with Gasteiger partial charge in [-0.1, -0.05) is 48.0 Å². The van der Waals surface area contributed by atoms with Crippen molar-refractivity contribution in [3.63, 3.8) is 0 Å². The van der Waals surface area contributed by atoms with Gasteiger partial charge in [0.15, 0.2) is 0 Å². The molecule has 1 fully saturated rings. The van der Waals surface area contributed by atoms with Crippen LogP contribution in [0.5, 0.6) is 5.75 Å². The monoisotopic (exact) mass is 387 g/mol. The highest BCUT2D eigenvalue weighted by molar-refractivity contribution is 6.30. The molecule has 0 bridgehead atoms. The number of piperazine rings is 1. The van der Waals surface area contributed by atoms with Crippen LogP contribution in [0.25, 0.3) is 0 Å². The summed E-state index contributed by atoms with van der Waals surface area (Å²) in [5.41, 5.74) is 1.12. The molecule has 5 nitrogen and oxygen atoms in total. The molecule has 1 amide bonds. The summed E-state index contributed by atoms with van der Waals surface area (Å²) >= 11 is 5.96. The Morgan fingerprint density at radius 3 is 2.48 bits per heavy atom. The van der Waals surface area contributed by atoms with Crippen molar-refractivity contribution in [1.29, 1.82) is 0 Å². The van der Waals surface area contributed by atoms with Gasteiger partial charge < -0.3 is 10.1 Å². The topological polar surface area (TPSA) is 44.8 Å². The van der Waals surface area contributed by atoms with Crippen molar-refractivity contribution in [2.24, 2.45) is 0 Å². The molecule has 0 unspecified atom stereocenters. The molecule has 0 aromatic heterocycles. The van der Waals surface area contributed by atoms with Crippen LogP contribution in [0.15, 0.2) is 54.6 Å². The first-order valence-electron chi connectivity index (χ1n) is 9.33. The van der Waals surface area contributed by atoms with Gasteiger partial charge in [-0.15, -0.1) is 0 Å². The summed E-state index contributed by atoms with van der Waals surface area (Å²) in [4.78, 5) is 16.7. The fraction of sp³-hybridized carbons (Fsp3) is 0.381. The van der Waals surface area contributed by atoms with Crippen LogP contribution >= 0.6 is 11.6 Å². The first kappa shape index (κ1) is 19.7. The van der Waals surface area contributed by atoms with E-state index < -0.39 is 0 Å². The lowest BCUT2D eigenvalue weighted by Crippen LogP contribution is -2.50. The van der Waals surface area contributed by atoms with Gasteiger partial charge >= 0.3 is 0 Å². The van der Waals surface area contributed by atoms with Crippen LogP contribution in [0.1, 0.15) is 5.56 Å². The summed E-state index contributed by atoms with van der Waals surface area (Å²) in [7, 11) is 0. The van der Waals surface area contributed by atoms with Crippen molar-refractivity contribution < 1.29 is 9.53 Å². The molecular weight excluding hydrogens is 362 g/mol. The van der Waals surface area contributed by atoms with Gasteiger partial charge in [0.2, 0.25) is 5.91 Å². The van der Waals surface area contributed by atoms with E-state index in [0.717, 1.165) is 44.0 Å². The van der Waals surface area contributed by atoms with Crippen LogP contribution in [0.4, 0.5) is 0 Å². The molecule has 6 heteroatoms. The van der Waals surface area contributed by atoms with E-state index >= 15 is 0 Å². The molecule has 3 rings (SSSR count). The lowest BCUT2D eigenvalue weighted by molar-refractivity contribution is -0.122. The molecule has 1 aliphatic rings. The van der Waals surface area contributed by atoms with Gasteiger partial charge in [0.25, 0.3) is 0 Å². The third kappa shape index (κ3) is 6.86. The SMILES string of the molecule is O=C(CN1CCN(CCOc2cccc(Cl)c2)CC1)NCc1ccccc1. The molecule has 1 N–H and O–H groups in total. The van der Waals surface area contributed by atoms with Gasteiger partial charge in [-0.2, -0.15) is 0 Å². The third-order valence-electron chi connectivity index (χ3n) is 4.64. The second-order valence-electron chi connectivity index (χ2n) is 6.69. The summed E-state index contributed by atoms with van der Waals surface area (Å²) in [5, 5.41) is 3.68. The zero-order valence-electron chi connectivity index (χ0n) is 15.4. The van der Waals surface area contributed by atoms with Crippen LogP contribution < -0.4 is 10.1 Å². The van der Waals surface area contributed by atoms with Crippen LogP contribution in [-0.4, -0.2) is 61.6 Å². The maximum absolute atomic E-state index is 12.1. The smallest absolute Gasteiger partial charge is 0.234 e. The van der Waals surface area contributed by atoms with Crippen molar-refractivity contribution >= 4 is 17.5 Å². The molecule has 2 aromatic carbocycles. The Hall–Kier alpha value is -2.08. The second-order valence-corrected chi connectivity index (χ2v) is 7.12. The van der Waals surface area contributed by atoms with E-state index in [0.29, 0.717) is 24.7 Å². The lowest BCUT2D eigenvalue weighted by atomic mass is 10.2. The van der Waals surface area contributed by atoms with Gasteiger partial charge in [0.1, 0.15) is 12.4 Å². The van der Waals surface area contributed by atoms with E-state index in [9.17, 15) is 4.79 Å². The molecule has 144 valence electrons. The maximum Gasteiger partial charge on any atom is 0.234 e. The molecule has 1 saturated heterocycles. The highest BCUT2D eigenvalue weighted by atomic mass is 35.5. The van der Waals surface area contributed by atoms with Crippen molar-refractivity contribution in [3.8, 4) is 5.75 Å². The van der Waals surface area contributed by atoms with Gasteiger partial charge in [0, 0.05) is 44.3 Å². The second kappa shape index (κ2) is 10.3. The zero-order valence-corrected chi connectivity index (χ0v) is 16.2. The average Bonchev–Trinajstić information content (AvgIpc) is 2.69. The summed E-state index contributed by atoms with van der Waals surface area (Å²) < 4.78 is 5.75. The molecule has 0 spiro atoms. The Labute approximate surface area is 165 Å². The molecule has 1 heterocycles. The van der Waals surface area contributed by atoms with Crippen molar-refractivity contribution in [2.75, 3.05) is 45.9 Å². The molecule has 0 aliphatic carbocycles. The van der Waals surface area contributed by atoms with E-state index in [2.05, 4.69) is 15.1 Å². The largest absolute Gasteiger partial charge is 0.492 e. The number of nitrogens with zero attached hydrogens (tertiary/aromatic N) is 2. The highest BCUT2D eigenvalue weighted by Gasteiger charge is 2.18. The van der Waals surface area contributed by atoms with Gasteiger partial charge in [-0.05, 0) is 23.8 Å². The number of hydrogen-bond acceptors (Lipinski definition) is 4. The van der Waals surface area contributed by atoms with Crippen LogP contribution in [0.2, 0.25) is 5.02 Å². The minimum atomic E-state index is 0.0802. The molecule has 2 aromatic rings. The quantitative estimate of drug-likeness (QED) is 0.756. The molecule has 0 atom stereocenters. The number of halogens is 1. The minimum absolute atomic E-state index is 0.0802. The van der Waals surface area contributed by atoms with E-state index in [1.807, 2.05) is 54.6 Å². The highest BCUT2D eigenvalue weighted by Crippen LogP contribution is 2.17. The zero-order chi connectivity index (χ0) is 18.9. The first-order chi connectivity index (χ1) is 13.2. The van der Waals surface area contributed by atoms with Crippen molar-refractivity contribution in [2.45, 2.75) is 6.54 Å². The maximum atomic E-state index is 12.1. The Morgan fingerprint density at radius 2 is 1.74 bits per heavy atom. The van der Waals surface area contributed by atoms with Crippen LogP contribution in [0, 0.1) is 0 Å². The van der Waals surface area contributed by atoms with Crippen molar-refractivity contribution in [1.82, 2.24) is 15.1 Å². The molecule has 1 aliphatic heterocycles. The number of rotatable bonds is 8. The van der Waals surface area contributed by atoms with Crippen LogP contribution in [0.3, 0.4) is 0 Å². The number of carbonyl (C=O) groups excluding carboxylic acids is 1. The minimum Gasteiger partial charge on any atom is -0.492 e. The summed E-state index contributed by atoms with van der Waals surface area (Å²) in [6, 6.07) is 17.4. The van der Waals surface area contributed by atoms with E-state index in [1.165, 1.54) is 0 Å². The lowest BCUT2D eigenvalue weighted by Gasteiger charge is -2.34.